The van der Waals surface area contributed by atoms with E-state index < -0.39 is 0 Å². The summed E-state index contributed by atoms with van der Waals surface area (Å²) in [5.74, 6) is 0. The van der Waals surface area contributed by atoms with Gasteiger partial charge in [0.05, 0.1) is 15.9 Å². The average molecular weight is 280 g/mol. The summed E-state index contributed by atoms with van der Waals surface area (Å²) in [5.41, 5.74) is 3.40. The topological polar surface area (TPSA) is 30.7 Å². The van der Waals surface area contributed by atoms with Gasteiger partial charge in [0.25, 0.3) is 0 Å². The van der Waals surface area contributed by atoms with E-state index in [2.05, 4.69) is 45.9 Å². The maximum Gasteiger partial charge on any atom is 0.0821 e. The van der Waals surface area contributed by atoms with Crippen LogP contribution in [0.2, 0.25) is 0 Å². The highest BCUT2D eigenvalue weighted by Crippen LogP contribution is 2.21. The van der Waals surface area contributed by atoms with E-state index in [9.17, 15) is 0 Å². The minimum Gasteiger partial charge on any atom is -0.263 e. The van der Waals surface area contributed by atoms with E-state index in [1.54, 1.807) is 12.4 Å². The van der Waals surface area contributed by atoms with Crippen molar-refractivity contribution in [3.05, 3.63) is 40.4 Å². The summed E-state index contributed by atoms with van der Waals surface area (Å²) in [4.78, 5) is 4.06. The third kappa shape index (κ3) is 2.02. The van der Waals surface area contributed by atoms with E-state index in [1.807, 2.05) is 10.7 Å². The standard InChI is InChI=1S/C12H14BrN3/c1-3-9-7-10(4-2)16(15-9)12-5-6-14-8-11(12)13/h5-8H,3-4H2,1-2H3. The molecule has 0 aliphatic rings. The van der Waals surface area contributed by atoms with Crippen molar-refractivity contribution < 1.29 is 0 Å². The molecule has 0 atom stereocenters. The van der Waals surface area contributed by atoms with Crippen molar-refractivity contribution in [3.63, 3.8) is 0 Å². The molecule has 4 heteroatoms. The van der Waals surface area contributed by atoms with Gasteiger partial charge in [0.1, 0.15) is 0 Å². The molecule has 0 aliphatic carbocycles. The van der Waals surface area contributed by atoms with Crippen molar-refractivity contribution in [1.82, 2.24) is 14.8 Å². The van der Waals surface area contributed by atoms with Crippen molar-refractivity contribution in [2.75, 3.05) is 0 Å². The Morgan fingerprint density at radius 3 is 2.75 bits per heavy atom. The molecule has 0 radical (unpaired) electrons. The summed E-state index contributed by atoms with van der Waals surface area (Å²) in [6.07, 6.45) is 5.51. The van der Waals surface area contributed by atoms with Crippen LogP contribution in [0.4, 0.5) is 0 Å². The fraction of sp³-hybridized carbons (Fsp3) is 0.333. The Kier molecular flexibility index (Phi) is 3.39. The minimum absolute atomic E-state index is 0.961. The molecule has 0 N–H and O–H groups in total. The fourth-order valence-corrected chi connectivity index (χ4v) is 2.07. The molecule has 0 saturated carbocycles. The summed E-state index contributed by atoms with van der Waals surface area (Å²) in [6.45, 7) is 4.26. The maximum atomic E-state index is 4.59. The fourth-order valence-electron chi connectivity index (χ4n) is 1.65. The first kappa shape index (κ1) is 11.3. The van der Waals surface area contributed by atoms with E-state index in [-0.39, 0.29) is 0 Å². The van der Waals surface area contributed by atoms with Gasteiger partial charge in [-0.05, 0) is 40.9 Å². The Bertz CT molecular complexity index is 491. The molecule has 2 aromatic heterocycles. The Morgan fingerprint density at radius 2 is 2.12 bits per heavy atom. The van der Waals surface area contributed by atoms with E-state index in [0.29, 0.717) is 0 Å². The predicted molar refractivity (Wildman–Crippen MR) is 67.8 cm³/mol. The molecular weight excluding hydrogens is 266 g/mol. The van der Waals surface area contributed by atoms with Crippen LogP contribution in [-0.2, 0) is 12.8 Å². The second-order valence-corrected chi connectivity index (χ2v) is 4.43. The van der Waals surface area contributed by atoms with Gasteiger partial charge in [-0.1, -0.05) is 13.8 Å². The number of hydrogen-bond donors (Lipinski definition) is 0. The van der Waals surface area contributed by atoms with Gasteiger partial charge in [-0.3, -0.25) is 4.98 Å². The molecule has 0 amide bonds. The van der Waals surface area contributed by atoms with E-state index in [4.69, 9.17) is 0 Å². The average Bonchev–Trinajstić information content (AvgIpc) is 2.72. The van der Waals surface area contributed by atoms with E-state index in [1.165, 1.54) is 5.69 Å². The van der Waals surface area contributed by atoms with Crippen LogP contribution in [0.15, 0.2) is 29.0 Å². The molecule has 0 aliphatic heterocycles. The molecule has 0 bridgehead atoms. The van der Waals surface area contributed by atoms with E-state index >= 15 is 0 Å². The van der Waals surface area contributed by atoms with Gasteiger partial charge in [0.2, 0.25) is 0 Å². The molecule has 2 heterocycles. The van der Waals surface area contributed by atoms with E-state index in [0.717, 1.165) is 28.7 Å². The van der Waals surface area contributed by atoms with Crippen molar-refractivity contribution in [3.8, 4) is 5.69 Å². The molecule has 2 aromatic rings. The number of rotatable bonds is 3. The molecule has 0 unspecified atom stereocenters. The number of hydrogen-bond acceptors (Lipinski definition) is 2. The van der Waals surface area contributed by atoms with Crippen molar-refractivity contribution in [2.24, 2.45) is 0 Å². The molecule has 0 saturated heterocycles. The molecule has 3 nitrogen and oxygen atoms in total. The minimum atomic E-state index is 0.961. The molecule has 0 spiro atoms. The van der Waals surface area contributed by atoms with Gasteiger partial charge in [0, 0.05) is 18.1 Å². The Hall–Kier alpha value is -1.16. The Morgan fingerprint density at radius 1 is 1.31 bits per heavy atom. The Labute approximate surface area is 104 Å². The second kappa shape index (κ2) is 4.78. The third-order valence-corrected chi connectivity index (χ3v) is 3.15. The largest absolute Gasteiger partial charge is 0.263 e. The highest BCUT2D eigenvalue weighted by molar-refractivity contribution is 9.10. The van der Waals surface area contributed by atoms with Crippen molar-refractivity contribution >= 4 is 15.9 Å². The summed E-state index contributed by atoms with van der Waals surface area (Å²) in [7, 11) is 0. The SMILES string of the molecule is CCc1cc(CC)n(-c2ccncc2Br)n1. The summed E-state index contributed by atoms with van der Waals surface area (Å²) in [5, 5.41) is 4.59. The molecule has 84 valence electrons. The third-order valence-electron chi connectivity index (χ3n) is 2.54. The van der Waals surface area contributed by atoms with Crippen LogP contribution in [0.1, 0.15) is 25.2 Å². The maximum absolute atomic E-state index is 4.59. The number of halogens is 1. The van der Waals surface area contributed by atoms with Gasteiger partial charge in [-0.2, -0.15) is 5.10 Å². The molecule has 0 aromatic carbocycles. The lowest BCUT2D eigenvalue weighted by Crippen LogP contribution is -2.02. The number of pyridine rings is 1. The smallest absolute Gasteiger partial charge is 0.0821 e. The van der Waals surface area contributed by atoms with Crippen LogP contribution in [0.3, 0.4) is 0 Å². The van der Waals surface area contributed by atoms with Crippen LogP contribution in [0.5, 0.6) is 0 Å². The van der Waals surface area contributed by atoms with Crippen LogP contribution in [0.25, 0.3) is 5.69 Å². The lowest BCUT2D eigenvalue weighted by molar-refractivity contribution is 0.789. The first-order valence-electron chi connectivity index (χ1n) is 5.44. The number of nitrogens with zero attached hydrogens (tertiary/aromatic N) is 3. The summed E-state index contributed by atoms with van der Waals surface area (Å²) < 4.78 is 2.96. The highest BCUT2D eigenvalue weighted by atomic mass is 79.9. The lowest BCUT2D eigenvalue weighted by atomic mass is 10.2. The van der Waals surface area contributed by atoms with Crippen LogP contribution in [0, 0.1) is 0 Å². The number of aryl methyl sites for hydroxylation is 2. The van der Waals surface area contributed by atoms with Crippen molar-refractivity contribution in [2.45, 2.75) is 26.7 Å². The second-order valence-electron chi connectivity index (χ2n) is 3.57. The van der Waals surface area contributed by atoms with Gasteiger partial charge < -0.3 is 0 Å². The van der Waals surface area contributed by atoms with Gasteiger partial charge in [0.15, 0.2) is 0 Å². The quantitative estimate of drug-likeness (QED) is 0.864. The van der Waals surface area contributed by atoms with Crippen LogP contribution in [-0.4, -0.2) is 14.8 Å². The molecule has 16 heavy (non-hydrogen) atoms. The zero-order valence-electron chi connectivity index (χ0n) is 9.44. The van der Waals surface area contributed by atoms with Gasteiger partial charge in [-0.15, -0.1) is 0 Å². The monoisotopic (exact) mass is 279 g/mol. The van der Waals surface area contributed by atoms with Crippen LogP contribution < -0.4 is 0 Å². The summed E-state index contributed by atoms with van der Waals surface area (Å²) >= 11 is 3.50. The normalized spacial score (nSPS) is 10.7. The first-order chi connectivity index (χ1) is 7.76. The summed E-state index contributed by atoms with van der Waals surface area (Å²) in [6, 6.07) is 4.13. The first-order valence-corrected chi connectivity index (χ1v) is 6.23. The molecular formula is C12H14BrN3. The molecule has 0 fully saturated rings. The molecule has 2 rings (SSSR count). The number of aromatic nitrogens is 3. The van der Waals surface area contributed by atoms with Gasteiger partial charge in [-0.25, -0.2) is 4.68 Å². The predicted octanol–water partition coefficient (Wildman–Crippen LogP) is 3.15. The lowest BCUT2D eigenvalue weighted by Gasteiger charge is -2.07. The van der Waals surface area contributed by atoms with Crippen LogP contribution >= 0.6 is 15.9 Å². The zero-order chi connectivity index (χ0) is 11.5. The highest BCUT2D eigenvalue weighted by Gasteiger charge is 2.09. The zero-order valence-corrected chi connectivity index (χ0v) is 11.0. The van der Waals surface area contributed by atoms with Crippen molar-refractivity contribution in [1.29, 1.82) is 0 Å². The van der Waals surface area contributed by atoms with Gasteiger partial charge >= 0.3 is 0 Å². The Balaban J connectivity index is 2.54.